The molecule has 0 spiro atoms. The molecule has 0 fully saturated rings. The monoisotopic (exact) mass is 175 g/mol. The fourth-order valence-corrected chi connectivity index (χ4v) is 0.456. The van der Waals surface area contributed by atoms with Gasteiger partial charge in [0.1, 0.15) is 0 Å². The van der Waals surface area contributed by atoms with Crippen molar-refractivity contribution in [3.63, 3.8) is 0 Å². The first-order valence-corrected chi connectivity index (χ1v) is 2.92. The summed E-state index contributed by atoms with van der Waals surface area (Å²) in [5, 5.41) is 0. The smallest absolute Gasteiger partial charge is 0.241 e. The van der Waals surface area contributed by atoms with Crippen LogP contribution in [0.5, 0.6) is 0 Å². The molecule has 0 saturated heterocycles. The highest BCUT2D eigenvalue weighted by atomic mass is 19.3. The van der Waals surface area contributed by atoms with Crippen LogP contribution in [0, 0.1) is 6.92 Å². The summed E-state index contributed by atoms with van der Waals surface area (Å²) in [6, 6.07) is 0. The van der Waals surface area contributed by atoms with Crippen LogP contribution < -0.4 is 0 Å². The summed E-state index contributed by atoms with van der Waals surface area (Å²) in [6.07, 6.45) is -3.75. The molecule has 5 heteroatoms. The lowest BCUT2D eigenvalue weighted by molar-refractivity contribution is -0.228. The van der Waals surface area contributed by atoms with Crippen molar-refractivity contribution in [1.82, 2.24) is 0 Å². The van der Waals surface area contributed by atoms with Gasteiger partial charge in [0.25, 0.3) is 0 Å². The van der Waals surface area contributed by atoms with Gasteiger partial charge in [-0.3, -0.25) is 0 Å². The Morgan fingerprint density at radius 3 is 1.73 bits per heavy atom. The topological polar surface area (TPSA) is 0 Å². The van der Waals surface area contributed by atoms with Gasteiger partial charge in [0.2, 0.25) is 0 Å². The summed E-state index contributed by atoms with van der Waals surface area (Å²) < 4.78 is 60.3. The maximum absolute atomic E-state index is 12.2. The highest BCUT2D eigenvalue weighted by Crippen LogP contribution is 2.38. The SMILES string of the molecule is [CH2]C[C@H](F)C(F)(F)C(C)(F)F. The molecule has 67 valence electrons. The van der Waals surface area contributed by atoms with Crippen molar-refractivity contribution in [1.29, 1.82) is 0 Å². The van der Waals surface area contributed by atoms with Crippen LogP contribution in [-0.2, 0) is 0 Å². The molecule has 0 heterocycles. The predicted molar refractivity (Wildman–Crippen MR) is 30.4 cm³/mol. The van der Waals surface area contributed by atoms with Gasteiger partial charge < -0.3 is 0 Å². The molecule has 0 aromatic heterocycles. The minimum atomic E-state index is -4.62. The van der Waals surface area contributed by atoms with Gasteiger partial charge in [0, 0.05) is 6.92 Å². The first-order valence-electron chi connectivity index (χ1n) is 2.92. The third-order valence-corrected chi connectivity index (χ3v) is 1.23. The molecule has 0 amide bonds. The molecule has 0 aromatic rings. The molecule has 0 bridgehead atoms. The summed E-state index contributed by atoms with van der Waals surface area (Å²) in [4.78, 5) is 0. The largest absolute Gasteiger partial charge is 0.340 e. The minimum Gasteiger partial charge on any atom is -0.241 e. The van der Waals surface area contributed by atoms with E-state index in [0.717, 1.165) is 0 Å². The van der Waals surface area contributed by atoms with Crippen molar-refractivity contribution >= 4 is 0 Å². The normalized spacial score (nSPS) is 16.6. The molecule has 0 aliphatic rings. The van der Waals surface area contributed by atoms with Gasteiger partial charge in [-0.25, -0.2) is 13.2 Å². The quantitative estimate of drug-likeness (QED) is 0.578. The van der Waals surface area contributed by atoms with Crippen molar-refractivity contribution in [2.45, 2.75) is 31.4 Å². The second-order valence-electron chi connectivity index (χ2n) is 2.27. The van der Waals surface area contributed by atoms with Crippen LogP contribution in [0.4, 0.5) is 22.0 Å². The Bertz CT molecular complexity index is 125. The van der Waals surface area contributed by atoms with E-state index in [4.69, 9.17) is 0 Å². The van der Waals surface area contributed by atoms with Gasteiger partial charge in [-0.2, -0.15) is 8.78 Å². The molecule has 0 saturated carbocycles. The molecule has 11 heavy (non-hydrogen) atoms. The molecule has 0 aromatic carbocycles. The number of hydrogen-bond donors (Lipinski definition) is 0. The van der Waals surface area contributed by atoms with Gasteiger partial charge in [-0.15, -0.1) is 0 Å². The van der Waals surface area contributed by atoms with Crippen LogP contribution in [-0.4, -0.2) is 18.0 Å². The number of hydrogen-bond acceptors (Lipinski definition) is 0. The van der Waals surface area contributed by atoms with Crippen LogP contribution in [0.15, 0.2) is 0 Å². The van der Waals surface area contributed by atoms with Crippen LogP contribution in [0.3, 0.4) is 0 Å². The first-order chi connectivity index (χ1) is 4.73. The average molecular weight is 175 g/mol. The molecule has 0 unspecified atom stereocenters. The molecule has 1 radical (unpaired) electrons. The van der Waals surface area contributed by atoms with Crippen LogP contribution in [0.1, 0.15) is 13.3 Å². The Morgan fingerprint density at radius 1 is 1.27 bits per heavy atom. The Balaban J connectivity index is 4.45. The van der Waals surface area contributed by atoms with Gasteiger partial charge in [-0.1, -0.05) is 6.92 Å². The molecule has 0 rings (SSSR count). The van der Waals surface area contributed by atoms with E-state index in [2.05, 4.69) is 6.92 Å². The van der Waals surface area contributed by atoms with Crippen molar-refractivity contribution in [2.75, 3.05) is 0 Å². The van der Waals surface area contributed by atoms with Crippen molar-refractivity contribution in [2.24, 2.45) is 0 Å². The van der Waals surface area contributed by atoms with Crippen molar-refractivity contribution in [3.8, 4) is 0 Å². The number of rotatable bonds is 3. The van der Waals surface area contributed by atoms with E-state index < -0.39 is 24.4 Å². The summed E-state index contributed by atoms with van der Waals surface area (Å²) in [6.45, 7) is 2.76. The fraction of sp³-hybridized carbons (Fsp3) is 0.833. The van der Waals surface area contributed by atoms with Gasteiger partial charge in [0.15, 0.2) is 6.17 Å². The lowest BCUT2D eigenvalue weighted by Crippen LogP contribution is -2.45. The fourth-order valence-electron chi connectivity index (χ4n) is 0.456. The summed E-state index contributed by atoms with van der Waals surface area (Å²) >= 11 is 0. The van der Waals surface area contributed by atoms with Gasteiger partial charge >= 0.3 is 11.8 Å². The van der Waals surface area contributed by atoms with Crippen LogP contribution in [0.2, 0.25) is 0 Å². The number of alkyl halides is 5. The zero-order chi connectivity index (χ0) is 9.28. The van der Waals surface area contributed by atoms with Gasteiger partial charge in [0.05, 0.1) is 0 Å². The molecule has 0 aliphatic carbocycles. The second-order valence-corrected chi connectivity index (χ2v) is 2.27. The molecule has 0 N–H and O–H groups in total. The third kappa shape index (κ3) is 2.04. The van der Waals surface area contributed by atoms with E-state index in [1.807, 2.05) is 0 Å². The first kappa shape index (κ1) is 10.7. The second kappa shape index (κ2) is 2.95. The van der Waals surface area contributed by atoms with Crippen molar-refractivity contribution in [3.05, 3.63) is 6.92 Å². The van der Waals surface area contributed by atoms with E-state index in [0.29, 0.717) is 0 Å². The summed E-state index contributed by atoms with van der Waals surface area (Å²) in [7, 11) is 0. The highest BCUT2D eigenvalue weighted by molar-refractivity contribution is 4.88. The Hall–Kier alpha value is -0.350. The van der Waals surface area contributed by atoms with E-state index in [1.165, 1.54) is 0 Å². The Labute approximate surface area is 61.4 Å². The maximum Gasteiger partial charge on any atom is 0.340 e. The molecule has 1 atom stereocenters. The zero-order valence-corrected chi connectivity index (χ0v) is 5.88. The molecular formula is C6H8F5. The van der Waals surface area contributed by atoms with Crippen LogP contribution in [0.25, 0.3) is 0 Å². The zero-order valence-electron chi connectivity index (χ0n) is 5.88. The standard InChI is InChI=1S/C6H8F5/c1-3-4(7)6(10,11)5(2,8)9/h4H,1,3H2,2H3/t4-/m0/s1. The third-order valence-electron chi connectivity index (χ3n) is 1.23. The molecular weight excluding hydrogens is 167 g/mol. The molecule has 0 nitrogen and oxygen atoms in total. The lowest BCUT2D eigenvalue weighted by Gasteiger charge is -2.25. The van der Waals surface area contributed by atoms with Crippen molar-refractivity contribution < 1.29 is 22.0 Å². The summed E-state index contributed by atoms with van der Waals surface area (Å²) in [5.41, 5.74) is 0. The van der Waals surface area contributed by atoms with Gasteiger partial charge in [-0.05, 0) is 6.42 Å². The van der Waals surface area contributed by atoms with E-state index >= 15 is 0 Å². The predicted octanol–water partition coefficient (Wildman–Crippen LogP) is 2.84. The number of halogens is 5. The van der Waals surface area contributed by atoms with E-state index in [1.54, 1.807) is 0 Å². The Kier molecular flexibility index (Phi) is 2.85. The highest BCUT2D eigenvalue weighted by Gasteiger charge is 2.57. The lowest BCUT2D eigenvalue weighted by atomic mass is 10.1. The summed E-state index contributed by atoms with van der Waals surface area (Å²) in [5.74, 6) is -8.95. The van der Waals surface area contributed by atoms with Crippen LogP contribution >= 0.6 is 0 Å². The molecule has 0 aliphatic heterocycles. The minimum absolute atomic E-state index is 0.0186. The van der Waals surface area contributed by atoms with E-state index in [9.17, 15) is 22.0 Å². The average Bonchev–Trinajstić information content (AvgIpc) is 1.83. The Morgan fingerprint density at radius 2 is 1.64 bits per heavy atom. The van der Waals surface area contributed by atoms with E-state index in [-0.39, 0.29) is 6.92 Å². The maximum atomic E-state index is 12.2.